The molecule has 0 radical (unpaired) electrons. The second-order valence-electron chi connectivity index (χ2n) is 24.7. The first-order valence-electron chi connectivity index (χ1n) is 31.0. The summed E-state index contributed by atoms with van der Waals surface area (Å²) >= 11 is 0. The van der Waals surface area contributed by atoms with Crippen LogP contribution in [0.25, 0.3) is 5.32 Å². The van der Waals surface area contributed by atoms with Gasteiger partial charge in [-0.05, 0) is 107 Å². The van der Waals surface area contributed by atoms with Crippen molar-refractivity contribution in [2.24, 2.45) is 60.3 Å². The van der Waals surface area contributed by atoms with E-state index in [1.807, 2.05) is 62.3 Å². The maximum absolute atomic E-state index is 14.6. The molecule has 0 spiro atoms. The molecule has 0 amide bonds. The number of ether oxygens (including phenoxy) is 6. The maximum Gasteiger partial charge on any atom is 3.00 e. The van der Waals surface area contributed by atoms with Crippen molar-refractivity contribution in [3.63, 3.8) is 0 Å². The molecule has 5 aliphatic heterocycles. The summed E-state index contributed by atoms with van der Waals surface area (Å²) in [7, 11) is 0. The standard InChI is InChI=1S/C63H95N5O16.2CN.Co/c1-15-29-79-45(71)24-21-40-51-38(7)55-60(11,28-27-48(74)82-32-18-4)43(35-49(75)83-33-19-5)57(66-55)63(14)62(13,37-50(76)84-34-20-6)42(23-26-47(73)81-31-17-3)52(67-63)39(8)56-61(12,36-44(69)70)41(22-25-46(72)80-30-16-2)53(65-56)54(68(77)78)58(64-51)59(40,9)10;2*1-2;/h40-43,57H,15-37H2,1-14H3,(H2,64,65,66,67,69,70);;;/q;2*-1;+3/p-1/t40-,41-,42-,43+,57-,60-,61+,62+,63+;;;/m1.../s1. The molecule has 8 bridgehead atoms. The van der Waals surface area contributed by atoms with Crippen molar-refractivity contribution in [1.29, 1.82) is 10.5 Å². The third-order valence-corrected chi connectivity index (χ3v) is 18.2. The van der Waals surface area contributed by atoms with Crippen molar-refractivity contribution < 1.29 is 88.8 Å². The van der Waals surface area contributed by atoms with Crippen LogP contribution in [-0.2, 0) is 78.8 Å². The van der Waals surface area contributed by atoms with Crippen LogP contribution in [0, 0.1) is 79.1 Å². The molecule has 23 nitrogen and oxygen atoms in total. The second kappa shape index (κ2) is 35.0. The number of nitro groups is 1. The number of aliphatic imine (C=N–C) groups is 3. The number of allylic oxidation sites excluding steroid dienone is 6. The van der Waals surface area contributed by atoms with E-state index < -0.39 is 116 Å². The number of carbonyl (C=O) groups excluding carboxylic acids is 6. The number of hydrogen-bond acceptors (Lipinski definition) is 20. The summed E-state index contributed by atoms with van der Waals surface area (Å²) < 4.78 is 34.2. The number of nitrogens with zero attached hydrogens (tertiary/aromatic N) is 7. The molecular formula is C65H94CoN7O16. The number of rotatable bonds is 31. The third-order valence-electron chi connectivity index (χ3n) is 18.2. The molecule has 494 valence electrons. The topological polar surface area (TPSA) is 337 Å². The Balaban J connectivity index is 0.00000529. The molecule has 1 fully saturated rings. The van der Waals surface area contributed by atoms with E-state index in [0.717, 1.165) is 0 Å². The van der Waals surface area contributed by atoms with Crippen LogP contribution in [0.3, 0.4) is 0 Å². The van der Waals surface area contributed by atoms with Gasteiger partial charge in [0.2, 0.25) is 0 Å². The van der Waals surface area contributed by atoms with Crippen LogP contribution in [-0.4, -0.2) is 120 Å². The van der Waals surface area contributed by atoms with Gasteiger partial charge in [-0.2, -0.15) is 5.70 Å². The van der Waals surface area contributed by atoms with E-state index in [0.29, 0.717) is 66.8 Å². The van der Waals surface area contributed by atoms with Gasteiger partial charge in [0.1, 0.15) is 11.4 Å². The van der Waals surface area contributed by atoms with E-state index in [4.69, 9.17) is 72.4 Å². The first-order chi connectivity index (χ1) is 41.6. The number of carbonyl (C=O) groups is 7. The molecule has 0 aromatic carbocycles. The van der Waals surface area contributed by atoms with Gasteiger partial charge in [0, 0.05) is 77.5 Å². The average Bonchev–Trinajstić information content (AvgIpc) is 1.62. The van der Waals surface area contributed by atoms with Gasteiger partial charge in [-0.15, -0.1) is 0 Å². The summed E-state index contributed by atoms with van der Waals surface area (Å²) in [4.78, 5) is 127. The van der Waals surface area contributed by atoms with Crippen LogP contribution in [0.1, 0.15) is 206 Å². The molecule has 0 saturated carbocycles. The van der Waals surface area contributed by atoms with Crippen LogP contribution in [0.5, 0.6) is 0 Å². The van der Waals surface area contributed by atoms with Crippen molar-refractivity contribution in [3.05, 3.63) is 62.5 Å². The summed E-state index contributed by atoms with van der Waals surface area (Å²) in [6.45, 7) is 36.0. The van der Waals surface area contributed by atoms with E-state index in [1.54, 1.807) is 34.6 Å². The molecular weight excluding hydrogens is 1190 g/mol. The molecule has 0 aliphatic carbocycles. The Morgan fingerprint density at radius 3 is 1.43 bits per heavy atom. The Bertz CT molecular complexity index is 2810. The minimum Gasteiger partial charge on any atom is -0.682 e. The molecule has 89 heavy (non-hydrogen) atoms. The number of fused-ring (bicyclic) bond motifs is 6. The van der Waals surface area contributed by atoms with Gasteiger partial charge >= 0.3 is 64.3 Å². The molecule has 0 unspecified atom stereocenters. The van der Waals surface area contributed by atoms with E-state index in [2.05, 4.69) is 0 Å². The molecule has 5 rings (SSSR count). The predicted octanol–water partition coefficient (Wildman–Crippen LogP) is 11.7. The number of esters is 6. The molecule has 9 atom stereocenters. The van der Waals surface area contributed by atoms with Gasteiger partial charge in [0.25, 0.3) is 0 Å². The second-order valence-corrected chi connectivity index (χ2v) is 24.7. The quantitative estimate of drug-likeness (QED) is 0.0221. The normalized spacial score (nSPS) is 28.6. The van der Waals surface area contributed by atoms with Crippen LogP contribution < -0.4 is 0 Å². The van der Waals surface area contributed by atoms with Gasteiger partial charge in [0.05, 0.1) is 68.6 Å². The number of hydrogen-bond donors (Lipinski definition) is 1. The zero-order chi connectivity index (χ0) is 66.5. The first kappa shape index (κ1) is 78.3. The Labute approximate surface area is 536 Å². The summed E-state index contributed by atoms with van der Waals surface area (Å²) in [6, 6.07) is -1.04. The number of aliphatic carboxylic acids is 1. The zero-order valence-corrected chi connectivity index (χ0v) is 55.7. The van der Waals surface area contributed by atoms with Crippen molar-refractivity contribution in [3.8, 4) is 0 Å². The summed E-state index contributed by atoms with van der Waals surface area (Å²) in [5.74, 6) is -8.07. The van der Waals surface area contributed by atoms with Crippen molar-refractivity contribution in [1.82, 2.24) is 0 Å². The van der Waals surface area contributed by atoms with Gasteiger partial charge in [0.15, 0.2) is 0 Å². The number of carboxylic acids is 1. The van der Waals surface area contributed by atoms with Crippen molar-refractivity contribution in [2.45, 2.75) is 218 Å². The van der Waals surface area contributed by atoms with E-state index in [-0.39, 0.29) is 138 Å². The first-order valence-corrected chi connectivity index (χ1v) is 31.0. The van der Waals surface area contributed by atoms with Gasteiger partial charge in [-0.25, -0.2) is 9.98 Å². The molecule has 24 heteroatoms. The van der Waals surface area contributed by atoms with Crippen molar-refractivity contribution in [2.75, 3.05) is 39.6 Å². The molecule has 5 heterocycles. The summed E-state index contributed by atoms with van der Waals surface area (Å²) in [5, 5.41) is 43.6. The molecule has 1 saturated heterocycles. The predicted molar refractivity (Wildman–Crippen MR) is 325 cm³/mol. The molecule has 5 aliphatic rings. The smallest absolute Gasteiger partial charge is 0.682 e. The van der Waals surface area contributed by atoms with Crippen molar-refractivity contribution >= 4 is 58.9 Å². The van der Waals surface area contributed by atoms with Gasteiger partial charge < -0.3 is 62.5 Å². The van der Waals surface area contributed by atoms with E-state index >= 15 is 0 Å². The minimum atomic E-state index is -1.60. The van der Waals surface area contributed by atoms with E-state index in [9.17, 15) is 48.8 Å². The Kier molecular flexibility index (Phi) is 30.8. The Hall–Kier alpha value is -6.79. The largest absolute Gasteiger partial charge is 3.00 e. The fourth-order valence-electron chi connectivity index (χ4n) is 13.6. The van der Waals surface area contributed by atoms with E-state index in [1.165, 1.54) is 0 Å². The van der Waals surface area contributed by atoms with Crippen LogP contribution in [0.15, 0.2) is 48.9 Å². The van der Waals surface area contributed by atoms with Crippen LogP contribution in [0.2, 0.25) is 0 Å². The fourth-order valence-corrected chi connectivity index (χ4v) is 13.6. The SMILES string of the molecule is CCCOC(=O)CC[C@@H]1C2=NC(=C(/[N+](=O)[O-])C3=N/C(=C(/C)C4=N[C@@](C)([C@@H]5[N-]/C(=C\2C)[C@](C)(CCC(=O)OCCC)[C@H]5CC(=O)OCCC)[C@@](C)(CC(=O)OCCC)[C@@H]4CCC(=O)OCCC)[C@@](C)(CC(=O)O)[C@@H]3CCC(=O)OCCC)/C1(C)C.[C-]#N.[C-]#N.[Co+3]. The monoisotopic (exact) mass is 1290 g/mol. The average molecular weight is 1290 g/mol. The fraction of sp³-hybridized carbons (Fsp3) is 0.723. The molecule has 1 N–H and O–H groups in total. The maximum atomic E-state index is 14.6. The van der Waals surface area contributed by atoms with Gasteiger partial charge in [-0.1, -0.05) is 82.2 Å². The Morgan fingerprint density at radius 2 is 0.978 bits per heavy atom. The Morgan fingerprint density at radius 1 is 0.562 bits per heavy atom. The zero-order valence-electron chi connectivity index (χ0n) is 54.7. The molecule has 0 aromatic rings. The summed E-state index contributed by atoms with van der Waals surface area (Å²) in [6.07, 6.45) is 1.54. The van der Waals surface area contributed by atoms with Crippen LogP contribution in [0.4, 0.5) is 0 Å². The minimum absolute atomic E-state index is 0. The number of carboxylic acid groups (broad SMARTS) is 1. The molecule has 0 aromatic heterocycles. The summed E-state index contributed by atoms with van der Waals surface area (Å²) in [5.41, 5.74) is -5.67. The van der Waals surface area contributed by atoms with Gasteiger partial charge in [-0.3, -0.25) is 48.7 Å². The van der Waals surface area contributed by atoms with Crippen LogP contribution >= 0.6 is 0 Å². The third kappa shape index (κ3) is 17.6.